The lowest BCUT2D eigenvalue weighted by Crippen LogP contribution is -2.46. The molecule has 106 valence electrons. The number of rotatable bonds is 6. The highest BCUT2D eigenvalue weighted by Gasteiger charge is 2.30. The van der Waals surface area contributed by atoms with Crippen LogP contribution in [-0.2, 0) is 11.2 Å². The molecule has 0 spiro atoms. The van der Waals surface area contributed by atoms with Gasteiger partial charge in [-0.3, -0.25) is 4.79 Å². The Morgan fingerprint density at radius 2 is 2.05 bits per heavy atom. The molecule has 0 bridgehead atoms. The van der Waals surface area contributed by atoms with Crippen LogP contribution < -0.4 is 5.73 Å². The first-order chi connectivity index (χ1) is 8.76. The molecule has 1 rings (SSSR count). The molecule has 3 N–H and O–H groups in total. The van der Waals surface area contributed by atoms with Crippen LogP contribution in [-0.4, -0.2) is 16.6 Å². The minimum Gasteiger partial charge on any atom is -0.480 e. The number of hydrogen-bond donors (Lipinski definition) is 2. The van der Waals surface area contributed by atoms with Gasteiger partial charge in [-0.2, -0.15) is 0 Å². The Balaban J connectivity index is 2.82. The van der Waals surface area contributed by atoms with Crippen LogP contribution >= 0.6 is 0 Å². The molecule has 0 amide bonds. The fourth-order valence-corrected chi connectivity index (χ4v) is 2.38. The summed E-state index contributed by atoms with van der Waals surface area (Å²) in [4.78, 5) is 11.1. The van der Waals surface area contributed by atoms with Gasteiger partial charge in [0.1, 0.15) is 5.54 Å². The van der Waals surface area contributed by atoms with Crippen LogP contribution in [0, 0.1) is 19.8 Å². The Morgan fingerprint density at radius 3 is 2.58 bits per heavy atom. The Bertz CT molecular complexity index is 452. The second-order valence-electron chi connectivity index (χ2n) is 5.84. The predicted octanol–water partition coefficient (Wildman–Crippen LogP) is 3.06. The summed E-state index contributed by atoms with van der Waals surface area (Å²) in [6.07, 6.45) is 2.34. The van der Waals surface area contributed by atoms with Crippen molar-refractivity contribution in [1.82, 2.24) is 0 Å². The van der Waals surface area contributed by atoms with Gasteiger partial charge in [-0.25, -0.2) is 0 Å². The highest BCUT2D eigenvalue weighted by atomic mass is 16.4. The topological polar surface area (TPSA) is 63.3 Å². The summed E-state index contributed by atoms with van der Waals surface area (Å²) in [7, 11) is 0. The van der Waals surface area contributed by atoms with Gasteiger partial charge in [0.25, 0.3) is 0 Å². The number of hydrogen-bond acceptors (Lipinski definition) is 2. The number of carboxylic acids is 1. The molecule has 3 heteroatoms. The van der Waals surface area contributed by atoms with E-state index in [1.807, 2.05) is 0 Å². The minimum absolute atomic E-state index is 0.298. The van der Waals surface area contributed by atoms with Crippen molar-refractivity contribution >= 4 is 5.97 Å². The van der Waals surface area contributed by atoms with Gasteiger partial charge in [0, 0.05) is 0 Å². The van der Waals surface area contributed by atoms with Gasteiger partial charge in [0.05, 0.1) is 0 Å². The van der Waals surface area contributed by atoms with E-state index in [0.717, 1.165) is 12.8 Å². The van der Waals surface area contributed by atoms with E-state index in [9.17, 15) is 4.79 Å². The van der Waals surface area contributed by atoms with E-state index >= 15 is 0 Å². The third kappa shape index (κ3) is 4.35. The molecule has 2 atom stereocenters. The highest BCUT2D eigenvalue weighted by molar-refractivity contribution is 5.77. The smallest absolute Gasteiger partial charge is 0.323 e. The molecule has 2 unspecified atom stereocenters. The summed E-state index contributed by atoms with van der Waals surface area (Å²) < 4.78 is 0. The lowest BCUT2D eigenvalue weighted by molar-refractivity contribution is -0.143. The molecule has 0 aliphatic carbocycles. The molecule has 0 fully saturated rings. The van der Waals surface area contributed by atoms with Gasteiger partial charge >= 0.3 is 5.97 Å². The van der Waals surface area contributed by atoms with Crippen LogP contribution in [0.5, 0.6) is 0 Å². The first-order valence-electron chi connectivity index (χ1n) is 6.84. The average Bonchev–Trinajstić information content (AvgIpc) is 2.32. The van der Waals surface area contributed by atoms with Crippen molar-refractivity contribution in [2.75, 3.05) is 0 Å². The maximum Gasteiger partial charge on any atom is 0.323 e. The molecule has 1 aromatic carbocycles. The molecule has 0 radical (unpaired) electrons. The van der Waals surface area contributed by atoms with E-state index in [0.29, 0.717) is 12.3 Å². The summed E-state index contributed by atoms with van der Waals surface area (Å²) in [5.41, 5.74) is 8.52. The minimum atomic E-state index is -1.14. The van der Waals surface area contributed by atoms with Gasteiger partial charge in [-0.1, -0.05) is 37.1 Å². The highest BCUT2D eigenvalue weighted by Crippen LogP contribution is 2.24. The van der Waals surface area contributed by atoms with Crippen molar-refractivity contribution in [3.63, 3.8) is 0 Å². The van der Waals surface area contributed by atoms with Crippen molar-refractivity contribution in [2.45, 2.75) is 52.5 Å². The van der Waals surface area contributed by atoms with Crippen LogP contribution in [0.2, 0.25) is 0 Å². The SMILES string of the molecule is CCC(Cc1cc(C)ccc1C)CC(C)(N)C(=O)O. The first kappa shape index (κ1) is 15.7. The molecule has 0 heterocycles. The van der Waals surface area contributed by atoms with Crippen molar-refractivity contribution in [1.29, 1.82) is 0 Å². The van der Waals surface area contributed by atoms with Gasteiger partial charge < -0.3 is 10.8 Å². The van der Waals surface area contributed by atoms with E-state index in [4.69, 9.17) is 10.8 Å². The van der Waals surface area contributed by atoms with Crippen molar-refractivity contribution in [3.05, 3.63) is 34.9 Å². The molecule has 3 nitrogen and oxygen atoms in total. The van der Waals surface area contributed by atoms with Crippen molar-refractivity contribution in [2.24, 2.45) is 11.7 Å². The van der Waals surface area contributed by atoms with Crippen LogP contribution in [0.25, 0.3) is 0 Å². The summed E-state index contributed by atoms with van der Waals surface area (Å²) in [6, 6.07) is 6.41. The lowest BCUT2D eigenvalue weighted by atomic mass is 9.83. The monoisotopic (exact) mass is 263 g/mol. The molecular formula is C16H25NO2. The summed E-state index contributed by atoms with van der Waals surface area (Å²) in [5.74, 6) is -0.626. The van der Waals surface area contributed by atoms with Gasteiger partial charge in [-0.05, 0) is 50.7 Å². The van der Waals surface area contributed by atoms with E-state index in [1.165, 1.54) is 16.7 Å². The lowest BCUT2D eigenvalue weighted by Gasteiger charge is -2.25. The molecular weight excluding hydrogens is 238 g/mol. The summed E-state index contributed by atoms with van der Waals surface area (Å²) in [6.45, 7) is 7.86. The number of carboxylic acid groups (broad SMARTS) is 1. The normalized spacial score (nSPS) is 15.8. The Hall–Kier alpha value is -1.35. The molecule has 1 aromatic rings. The average molecular weight is 263 g/mol. The fraction of sp³-hybridized carbons (Fsp3) is 0.562. The van der Waals surface area contributed by atoms with E-state index in [1.54, 1.807) is 6.92 Å². The molecule has 0 aliphatic rings. The zero-order valence-electron chi connectivity index (χ0n) is 12.4. The van der Waals surface area contributed by atoms with E-state index in [-0.39, 0.29) is 0 Å². The van der Waals surface area contributed by atoms with Crippen molar-refractivity contribution in [3.8, 4) is 0 Å². The maximum atomic E-state index is 11.1. The first-order valence-corrected chi connectivity index (χ1v) is 6.84. The third-order valence-corrected chi connectivity index (χ3v) is 3.79. The van der Waals surface area contributed by atoms with Crippen LogP contribution in [0.15, 0.2) is 18.2 Å². The van der Waals surface area contributed by atoms with Gasteiger partial charge in [0.2, 0.25) is 0 Å². The third-order valence-electron chi connectivity index (χ3n) is 3.79. The number of nitrogens with two attached hydrogens (primary N) is 1. The van der Waals surface area contributed by atoms with Gasteiger partial charge in [0.15, 0.2) is 0 Å². The zero-order valence-corrected chi connectivity index (χ0v) is 12.4. The maximum absolute atomic E-state index is 11.1. The number of carbonyl (C=O) groups is 1. The molecule has 0 saturated carbocycles. The van der Waals surface area contributed by atoms with Crippen LogP contribution in [0.1, 0.15) is 43.4 Å². The van der Waals surface area contributed by atoms with Crippen molar-refractivity contribution < 1.29 is 9.90 Å². The number of aryl methyl sites for hydroxylation is 2. The Kier molecular flexibility index (Phi) is 5.12. The largest absolute Gasteiger partial charge is 0.480 e. The summed E-state index contributed by atoms with van der Waals surface area (Å²) >= 11 is 0. The molecule has 0 aromatic heterocycles. The van der Waals surface area contributed by atoms with E-state index in [2.05, 4.69) is 39.0 Å². The van der Waals surface area contributed by atoms with Crippen LogP contribution in [0.3, 0.4) is 0 Å². The quantitative estimate of drug-likeness (QED) is 0.829. The number of benzene rings is 1. The second kappa shape index (κ2) is 6.20. The zero-order chi connectivity index (χ0) is 14.6. The standard InChI is InChI=1S/C16H25NO2/c1-5-13(10-16(4,17)15(18)19)9-14-8-11(2)6-7-12(14)3/h6-8,13H,5,9-10,17H2,1-4H3,(H,18,19). The fourth-order valence-electron chi connectivity index (χ4n) is 2.38. The van der Waals surface area contributed by atoms with Gasteiger partial charge in [-0.15, -0.1) is 0 Å². The number of aliphatic carboxylic acids is 1. The Labute approximate surface area is 115 Å². The second-order valence-corrected chi connectivity index (χ2v) is 5.84. The predicted molar refractivity (Wildman–Crippen MR) is 78.2 cm³/mol. The molecule has 0 aliphatic heterocycles. The summed E-state index contributed by atoms with van der Waals surface area (Å²) in [5, 5.41) is 9.13. The van der Waals surface area contributed by atoms with Crippen LogP contribution in [0.4, 0.5) is 0 Å². The Morgan fingerprint density at radius 1 is 1.42 bits per heavy atom. The van der Waals surface area contributed by atoms with E-state index < -0.39 is 11.5 Å². The molecule has 0 saturated heterocycles. The molecule has 19 heavy (non-hydrogen) atoms.